The number of hydrogen-bond donors (Lipinski definition) is 1. The average molecular weight is 496 g/mol. The summed E-state index contributed by atoms with van der Waals surface area (Å²) < 4.78 is 41.0. The van der Waals surface area contributed by atoms with Gasteiger partial charge in [-0.15, -0.1) is 5.10 Å². The van der Waals surface area contributed by atoms with Crippen molar-refractivity contribution in [3.05, 3.63) is 35.9 Å². The Morgan fingerprint density at radius 3 is 2.51 bits per heavy atom. The Kier molecular flexibility index (Phi) is 8.07. The highest BCUT2D eigenvalue weighted by Crippen LogP contribution is 2.30. The summed E-state index contributed by atoms with van der Waals surface area (Å²) in [6.07, 6.45) is -0.903. The van der Waals surface area contributed by atoms with E-state index in [4.69, 9.17) is 0 Å². The molecule has 0 aliphatic carbocycles. The molecule has 35 heavy (non-hydrogen) atoms. The number of carbonyl (C=O) groups excluding carboxylic acids is 2. The van der Waals surface area contributed by atoms with Gasteiger partial charge in [-0.25, -0.2) is 9.48 Å². The van der Waals surface area contributed by atoms with E-state index in [0.717, 1.165) is 4.68 Å². The Bertz CT molecular complexity index is 1060. The zero-order chi connectivity index (χ0) is 25.8. The topological polar surface area (TPSA) is 122 Å². The molecular formula is C22H27F3N6O4. The van der Waals surface area contributed by atoms with Crippen molar-refractivity contribution >= 4 is 17.8 Å². The molecule has 0 spiro atoms. The molecule has 2 aromatic rings. The predicted octanol–water partition coefficient (Wildman–Crippen LogP) is 2.19. The Hall–Kier alpha value is -3.51. The normalized spacial score (nSPS) is 15.6. The average Bonchev–Trinajstić information content (AvgIpc) is 3.26. The molecule has 190 valence electrons. The number of aromatic nitrogens is 4. The minimum Gasteiger partial charge on any atom is -0.478 e. The lowest BCUT2D eigenvalue weighted by Crippen LogP contribution is -2.44. The van der Waals surface area contributed by atoms with Gasteiger partial charge in [0.1, 0.15) is 0 Å². The molecule has 1 N–H and O–H groups in total. The third-order valence-corrected chi connectivity index (χ3v) is 5.99. The van der Waals surface area contributed by atoms with E-state index in [9.17, 15) is 32.7 Å². The van der Waals surface area contributed by atoms with Gasteiger partial charge in [0.05, 0.1) is 41.7 Å². The molecular weight excluding hydrogens is 469 g/mol. The molecule has 2 aromatic heterocycles. The fourth-order valence-corrected chi connectivity index (χ4v) is 4.08. The lowest BCUT2D eigenvalue weighted by Gasteiger charge is -2.34. The van der Waals surface area contributed by atoms with Crippen LogP contribution in [0.4, 0.5) is 13.2 Å². The zero-order valence-electron chi connectivity index (χ0n) is 19.4. The summed E-state index contributed by atoms with van der Waals surface area (Å²) >= 11 is 0. The summed E-state index contributed by atoms with van der Waals surface area (Å²) in [4.78, 5) is 43.2. The molecule has 2 amide bonds. The molecule has 1 unspecified atom stereocenters. The summed E-state index contributed by atoms with van der Waals surface area (Å²) in [7, 11) is 3.32. The van der Waals surface area contributed by atoms with Crippen molar-refractivity contribution < 1.29 is 32.7 Å². The largest absolute Gasteiger partial charge is 0.478 e. The first kappa shape index (κ1) is 26.1. The molecule has 3 rings (SSSR count). The minimum atomic E-state index is -4.56. The van der Waals surface area contributed by atoms with Crippen LogP contribution in [-0.4, -0.2) is 86.0 Å². The highest BCUT2D eigenvalue weighted by molar-refractivity contribution is 5.91. The lowest BCUT2D eigenvalue weighted by atomic mass is 9.91. The number of carbonyl (C=O) groups is 3. The Morgan fingerprint density at radius 1 is 1.23 bits per heavy atom. The molecule has 1 saturated heterocycles. The molecule has 1 fully saturated rings. The molecule has 0 aromatic carbocycles. The Balaban J connectivity index is 1.71. The minimum absolute atomic E-state index is 0.0208. The first-order valence-electron chi connectivity index (χ1n) is 11.1. The first-order valence-corrected chi connectivity index (χ1v) is 11.1. The highest BCUT2D eigenvalue weighted by Gasteiger charge is 2.38. The summed E-state index contributed by atoms with van der Waals surface area (Å²) in [5.41, 5.74) is 0.126. The second-order valence-corrected chi connectivity index (χ2v) is 8.83. The first-order chi connectivity index (χ1) is 16.4. The smallest absolute Gasteiger partial charge is 0.389 e. The number of nitrogens with zero attached hydrogens (tertiary/aromatic N) is 6. The quantitative estimate of drug-likeness (QED) is 0.595. The van der Waals surface area contributed by atoms with Gasteiger partial charge in [0.2, 0.25) is 11.8 Å². The van der Waals surface area contributed by atoms with Crippen LogP contribution in [-0.2, 0) is 16.0 Å². The maximum atomic E-state index is 13.3. The van der Waals surface area contributed by atoms with Crippen LogP contribution in [0.2, 0.25) is 0 Å². The van der Waals surface area contributed by atoms with Gasteiger partial charge < -0.3 is 14.9 Å². The van der Waals surface area contributed by atoms with Crippen LogP contribution < -0.4 is 0 Å². The van der Waals surface area contributed by atoms with E-state index < -0.39 is 30.4 Å². The number of aromatic carboxylic acids is 1. The number of likely N-dealkylation sites (tertiary alicyclic amines) is 1. The highest BCUT2D eigenvalue weighted by atomic mass is 19.4. The zero-order valence-corrected chi connectivity index (χ0v) is 19.4. The molecule has 10 nitrogen and oxygen atoms in total. The van der Waals surface area contributed by atoms with E-state index in [-0.39, 0.29) is 48.3 Å². The molecule has 1 atom stereocenters. The van der Waals surface area contributed by atoms with E-state index in [0.29, 0.717) is 19.3 Å². The molecule has 13 heteroatoms. The molecule has 0 bridgehead atoms. The number of amides is 2. The van der Waals surface area contributed by atoms with Crippen LogP contribution in [0.5, 0.6) is 0 Å². The van der Waals surface area contributed by atoms with Gasteiger partial charge in [-0.1, -0.05) is 5.21 Å². The van der Waals surface area contributed by atoms with E-state index in [1.165, 1.54) is 34.5 Å². The maximum absolute atomic E-state index is 13.3. The van der Waals surface area contributed by atoms with Crippen molar-refractivity contribution in [2.45, 2.75) is 38.3 Å². The SMILES string of the molecule is CN(C)C(=O)CC1CCN(C(=O)C(Cc2cn(-c3cnccc3C(=O)O)nn2)CC(F)(F)F)CC1. The number of pyridine rings is 1. The second-order valence-electron chi connectivity index (χ2n) is 8.83. The number of piperidine rings is 1. The van der Waals surface area contributed by atoms with E-state index in [2.05, 4.69) is 15.3 Å². The van der Waals surface area contributed by atoms with Crippen molar-refractivity contribution in [3.8, 4) is 5.69 Å². The summed E-state index contributed by atoms with van der Waals surface area (Å²) in [6.45, 7) is 0.561. The van der Waals surface area contributed by atoms with Gasteiger partial charge in [0.25, 0.3) is 0 Å². The molecule has 0 radical (unpaired) electrons. The predicted molar refractivity (Wildman–Crippen MR) is 117 cm³/mol. The standard InChI is InChI=1S/C22H27F3N6O4/c1-29(2)19(32)9-14-4-7-30(8-5-14)20(33)15(11-22(23,24)25)10-16-13-31(28-27-16)18-12-26-6-3-17(18)21(34)35/h3,6,12-15H,4-5,7-11H2,1-2H3,(H,34,35). The summed E-state index contributed by atoms with van der Waals surface area (Å²) in [5, 5.41) is 17.0. The van der Waals surface area contributed by atoms with E-state index in [1.807, 2.05) is 0 Å². The Morgan fingerprint density at radius 2 is 1.91 bits per heavy atom. The van der Waals surface area contributed by atoms with Crippen LogP contribution in [0.15, 0.2) is 24.7 Å². The number of rotatable bonds is 8. The van der Waals surface area contributed by atoms with Crippen molar-refractivity contribution in [2.24, 2.45) is 11.8 Å². The van der Waals surface area contributed by atoms with Crippen molar-refractivity contribution in [1.29, 1.82) is 0 Å². The Labute approximate surface area is 199 Å². The lowest BCUT2D eigenvalue weighted by molar-refractivity contribution is -0.160. The molecule has 0 saturated carbocycles. The molecule has 3 heterocycles. The molecule has 1 aliphatic heterocycles. The number of hydrogen-bond acceptors (Lipinski definition) is 6. The van der Waals surface area contributed by atoms with Gasteiger partial charge in [-0.05, 0) is 24.8 Å². The number of alkyl halides is 3. The van der Waals surface area contributed by atoms with Crippen LogP contribution >= 0.6 is 0 Å². The number of halogens is 3. The van der Waals surface area contributed by atoms with Crippen molar-refractivity contribution in [2.75, 3.05) is 27.2 Å². The molecule has 1 aliphatic rings. The van der Waals surface area contributed by atoms with Crippen LogP contribution in [0.3, 0.4) is 0 Å². The van der Waals surface area contributed by atoms with E-state index in [1.54, 1.807) is 14.1 Å². The second kappa shape index (κ2) is 10.8. The van der Waals surface area contributed by atoms with Gasteiger partial charge >= 0.3 is 12.1 Å². The van der Waals surface area contributed by atoms with Crippen molar-refractivity contribution in [3.63, 3.8) is 0 Å². The van der Waals surface area contributed by atoms with Crippen molar-refractivity contribution in [1.82, 2.24) is 29.8 Å². The number of carboxylic acids is 1. The monoisotopic (exact) mass is 496 g/mol. The van der Waals surface area contributed by atoms with Gasteiger partial charge in [0.15, 0.2) is 0 Å². The summed E-state index contributed by atoms with van der Waals surface area (Å²) in [6, 6.07) is 1.27. The summed E-state index contributed by atoms with van der Waals surface area (Å²) in [5.74, 6) is -3.18. The van der Waals surface area contributed by atoms with Gasteiger partial charge in [-0.2, -0.15) is 13.2 Å². The fourth-order valence-electron chi connectivity index (χ4n) is 4.08. The van der Waals surface area contributed by atoms with Gasteiger partial charge in [-0.3, -0.25) is 14.6 Å². The third kappa shape index (κ3) is 6.99. The van der Waals surface area contributed by atoms with Crippen LogP contribution in [0, 0.1) is 11.8 Å². The van der Waals surface area contributed by atoms with E-state index >= 15 is 0 Å². The fraction of sp³-hybridized carbons (Fsp3) is 0.545. The van der Waals surface area contributed by atoms with Crippen LogP contribution in [0.25, 0.3) is 5.69 Å². The third-order valence-electron chi connectivity index (χ3n) is 5.99. The van der Waals surface area contributed by atoms with Gasteiger partial charge in [0, 0.05) is 46.2 Å². The maximum Gasteiger partial charge on any atom is 0.389 e. The van der Waals surface area contributed by atoms with Crippen LogP contribution in [0.1, 0.15) is 41.7 Å². The number of carboxylic acid groups (broad SMARTS) is 1.